The lowest BCUT2D eigenvalue weighted by molar-refractivity contribution is -0.134. The highest BCUT2D eigenvalue weighted by Gasteiger charge is 2.32. The number of likely N-dealkylation sites (N-methyl/N-ethyl adjacent to an activating group) is 1. The van der Waals surface area contributed by atoms with Gasteiger partial charge in [-0.25, -0.2) is 25.5 Å². The number of halogens is 1. The van der Waals surface area contributed by atoms with E-state index in [2.05, 4.69) is 4.72 Å². The molecule has 1 amide bonds. The number of nitrogens with one attached hydrogen (secondary N) is 1. The molecule has 0 saturated heterocycles. The summed E-state index contributed by atoms with van der Waals surface area (Å²) in [5, 5.41) is 9.72. The Balaban J connectivity index is 1.99. The van der Waals surface area contributed by atoms with E-state index in [1.165, 1.54) is 34.5 Å². The van der Waals surface area contributed by atoms with Crippen molar-refractivity contribution in [3.05, 3.63) is 53.8 Å². The van der Waals surface area contributed by atoms with Crippen molar-refractivity contribution >= 4 is 31.6 Å². The molecule has 1 aliphatic rings. The summed E-state index contributed by atoms with van der Waals surface area (Å²) in [5.74, 6) is -0.854. The van der Waals surface area contributed by atoms with Crippen LogP contribution in [-0.4, -0.2) is 82.2 Å². The van der Waals surface area contributed by atoms with Crippen LogP contribution in [-0.2, 0) is 31.3 Å². The Hall–Kier alpha value is -2.74. The van der Waals surface area contributed by atoms with Crippen LogP contribution in [0.25, 0.3) is 0 Å². The Bertz CT molecular complexity index is 1330. The fourth-order valence-corrected chi connectivity index (χ4v) is 5.39. The number of rotatable bonds is 8. The van der Waals surface area contributed by atoms with E-state index in [1.807, 2.05) is 6.92 Å². The standard InChI is InChI=1S/C24H32FN3O7S2/c1-16-13-28(17(2)15-29)24(30)12-18-11-20(26-37(33,34)21-8-5-19(25)6-9-21)7-10-22(18)35-23(16)14-27(3)36(4,31)32/h5-11,16-17,23,26,29H,12-15H2,1-4H3/t16-,17+,23+/m1/s1. The molecule has 0 unspecified atom stereocenters. The van der Waals surface area contributed by atoms with E-state index in [9.17, 15) is 31.1 Å². The van der Waals surface area contributed by atoms with Crippen molar-refractivity contribution in [2.24, 2.45) is 5.92 Å². The van der Waals surface area contributed by atoms with Crippen molar-refractivity contribution < 1.29 is 35.9 Å². The fraction of sp³-hybridized carbons (Fsp3) is 0.458. The van der Waals surface area contributed by atoms with Gasteiger partial charge in [-0.1, -0.05) is 6.92 Å². The number of ether oxygens (including phenoxy) is 1. The first kappa shape index (κ1) is 28.8. The zero-order valence-electron chi connectivity index (χ0n) is 21.1. The molecule has 204 valence electrons. The van der Waals surface area contributed by atoms with E-state index >= 15 is 0 Å². The number of aliphatic hydroxyl groups excluding tert-OH is 1. The van der Waals surface area contributed by atoms with Gasteiger partial charge in [-0.15, -0.1) is 0 Å². The Morgan fingerprint density at radius 1 is 1.19 bits per heavy atom. The number of amides is 1. The highest BCUT2D eigenvalue weighted by atomic mass is 32.2. The molecule has 2 aromatic rings. The van der Waals surface area contributed by atoms with Gasteiger partial charge in [0.15, 0.2) is 0 Å². The molecule has 0 saturated carbocycles. The van der Waals surface area contributed by atoms with Crippen LogP contribution in [0.3, 0.4) is 0 Å². The Morgan fingerprint density at radius 3 is 2.43 bits per heavy atom. The van der Waals surface area contributed by atoms with Gasteiger partial charge in [0.1, 0.15) is 17.7 Å². The number of carbonyl (C=O) groups excluding carboxylic acids is 1. The van der Waals surface area contributed by atoms with Crippen molar-refractivity contribution in [2.45, 2.75) is 37.3 Å². The second-order valence-electron chi connectivity index (χ2n) is 9.31. The number of hydrogen-bond donors (Lipinski definition) is 2. The van der Waals surface area contributed by atoms with Gasteiger partial charge in [-0.05, 0) is 49.4 Å². The summed E-state index contributed by atoms with van der Waals surface area (Å²) in [6.07, 6.45) is 0.316. The number of carbonyl (C=O) groups is 1. The van der Waals surface area contributed by atoms with Crippen molar-refractivity contribution in [1.82, 2.24) is 9.21 Å². The number of aliphatic hydroxyl groups is 1. The maximum absolute atomic E-state index is 13.2. The Kier molecular flexibility index (Phi) is 8.83. The normalized spacial score (nSPS) is 19.9. The molecule has 0 aliphatic carbocycles. The predicted octanol–water partition coefficient (Wildman–Crippen LogP) is 1.67. The van der Waals surface area contributed by atoms with Gasteiger partial charge < -0.3 is 14.7 Å². The van der Waals surface area contributed by atoms with Gasteiger partial charge in [0.2, 0.25) is 15.9 Å². The van der Waals surface area contributed by atoms with E-state index in [0.29, 0.717) is 11.3 Å². The summed E-state index contributed by atoms with van der Waals surface area (Å²) in [4.78, 5) is 14.6. The smallest absolute Gasteiger partial charge is 0.261 e. The highest BCUT2D eigenvalue weighted by molar-refractivity contribution is 7.92. The molecule has 37 heavy (non-hydrogen) atoms. The van der Waals surface area contributed by atoms with Crippen molar-refractivity contribution in [3.8, 4) is 5.75 Å². The number of hydrogen-bond acceptors (Lipinski definition) is 7. The van der Waals surface area contributed by atoms with E-state index in [1.54, 1.807) is 6.92 Å². The zero-order valence-corrected chi connectivity index (χ0v) is 22.7. The number of anilines is 1. The van der Waals surface area contributed by atoms with E-state index in [4.69, 9.17) is 4.74 Å². The average Bonchev–Trinajstić information content (AvgIpc) is 2.86. The van der Waals surface area contributed by atoms with Crippen molar-refractivity contribution in [3.63, 3.8) is 0 Å². The van der Waals surface area contributed by atoms with Crippen molar-refractivity contribution in [2.75, 3.05) is 37.7 Å². The summed E-state index contributed by atoms with van der Waals surface area (Å²) in [6, 6.07) is 8.33. The molecule has 10 nitrogen and oxygen atoms in total. The van der Waals surface area contributed by atoms with Crippen LogP contribution >= 0.6 is 0 Å². The largest absolute Gasteiger partial charge is 0.488 e. The predicted molar refractivity (Wildman–Crippen MR) is 137 cm³/mol. The lowest BCUT2D eigenvalue weighted by Gasteiger charge is -2.33. The lowest BCUT2D eigenvalue weighted by atomic mass is 10.0. The first-order valence-corrected chi connectivity index (χ1v) is 14.9. The van der Waals surface area contributed by atoms with E-state index in [-0.39, 0.29) is 48.5 Å². The maximum Gasteiger partial charge on any atom is 0.261 e. The summed E-state index contributed by atoms with van der Waals surface area (Å²) >= 11 is 0. The fourth-order valence-electron chi connectivity index (χ4n) is 3.93. The van der Waals surface area contributed by atoms with Gasteiger partial charge in [0.05, 0.1) is 36.8 Å². The monoisotopic (exact) mass is 557 g/mol. The number of benzene rings is 2. The Morgan fingerprint density at radius 2 is 1.84 bits per heavy atom. The summed E-state index contributed by atoms with van der Waals surface area (Å²) in [7, 11) is -6.10. The number of nitrogens with zero attached hydrogens (tertiary/aromatic N) is 2. The van der Waals surface area contributed by atoms with Gasteiger partial charge in [0.25, 0.3) is 10.0 Å². The van der Waals surface area contributed by atoms with E-state index < -0.39 is 38.0 Å². The number of sulfonamides is 2. The van der Waals surface area contributed by atoms with Crippen LogP contribution in [0, 0.1) is 11.7 Å². The second-order valence-corrected chi connectivity index (χ2v) is 13.1. The van der Waals surface area contributed by atoms with Crippen LogP contribution in [0.4, 0.5) is 10.1 Å². The third-order valence-electron chi connectivity index (χ3n) is 6.30. The molecule has 1 aliphatic heterocycles. The van der Waals surface area contributed by atoms with E-state index in [0.717, 1.165) is 30.5 Å². The van der Waals surface area contributed by atoms with Crippen LogP contribution in [0.1, 0.15) is 19.4 Å². The van der Waals surface area contributed by atoms with Gasteiger partial charge >= 0.3 is 0 Å². The summed E-state index contributed by atoms with van der Waals surface area (Å²) < 4.78 is 72.7. The van der Waals surface area contributed by atoms with Crippen LogP contribution in [0.2, 0.25) is 0 Å². The molecule has 3 rings (SSSR count). The quantitative estimate of drug-likeness (QED) is 0.504. The number of fused-ring (bicyclic) bond motifs is 1. The van der Waals surface area contributed by atoms with Crippen LogP contribution in [0.5, 0.6) is 5.75 Å². The third-order valence-corrected chi connectivity index (χ3v) is 8.97. The minimum absolute atomic E-state index is 0.0217. The molecule has 13 heteroatoms. The second kappa shape index (κ2) is 11.3. The van der Waals surface area contributed by atoms with Crippen LogP contribution < -0.4 is 9.46 Å². The molecule has 0 spiro atoms. The highest BCUT2D eigenvalue weighted by Crippen LogP contribution is 2.30. The molecule has 2 aromatic carbocycles. The van der Waals surface area contributed by atoms with Crippen molar-refractivity contribution in [1.29, 1.82) is 0 Å². The molecule has 0 bridgehead atoms. The minimum atomic E-state index is -4.03. The first-order chi connectivity index (χ1) is 17.2. The van der Waals surface area contributed by atoms with Crippen LogP contribution in [0.15, 0.2) is 47.4 Å². The Labute approximate surface area is 217 Å². The van der Waals surface area contributed by atoms with Gasteiger partial charge in [-0.2, -0.15) is 0 Å². The van der Waals surface area contributed by atoms with Gasteiger partial charge in [-0.3, -0.25) is 9.52 Å². The molecule has 0 fully saturated rings. The molecule has 0 aromatic heterocycles. The molecule has 1 heterocycles. The lowest BCUT2D eigenvalue weighted by Crippen LogP contribution is -2.48. The minimum Gasteiger partial charge on any atom is -0.488 e. The maximum atomic E-state index is 13.2. The summed E-state index contributed by atoms with van der Waals surface area (Å²) in [5.41, 5.74) is 0.555. The molecule has 3 atom stereocenters. The topological polar surface area (TPSA) is 133 Å². The SMILES string of the molecule is C[C@@H]1CN([C@@H](C)CO)C(=O)Cc2cc(NS(=O)(=O)c3ccc(F)cc3)ccc2O[C@H]1CN(C)S(C)(=O)=O. The average molecular weight is 558 g/mol. The molecule has 0 radical (unpaired) electrons. The van der Waals surface area contributed by atoms with Gasteiger partial charge in [0, 0.05) is 30.8 Å². The molecular formula is C24H32FN3O7S2. The summed E-state index contributed by atoms with van der Waals surface area (Å²) in [6.45, 7) is 3.52. The third kappa shape index (κ3) is 7.18. The molecular weight excluding hydrogens is 525 g/mol. The zero-order chi connectivity index (χ0) is 27.5. The first-order valence-electron chi connectivity index (χ1n) is 11.6. The molecule has 2 N–H and O–H groups in total.